The van der Waals surface area contributed by atoms with E-state index in [1.807, 2.05) is 31.2 Å². The van der Waals surface area contributed by atoms with Crippen molar-refractivity contribution >= 4 is 17.4 Å². The molecule has 5 heteroatoms. The number of para-hydroxylation sites is 1. The highest BCUT2D eigenvalue weighted by Crippen LogP contribution is 2.29. The number of aromatic nitrogens is 1. The van der Waals surface area contributed by atoms with Crippen LogP contribution in [0.2, 0.25) is 0 Å². The van der Waals surface area contributed by atoms with Crippen molar-refractivity contribution in [3.63, 3.8) is 0 Å². The summed E-state index contributed by atoms with van der Waals surface area (Å²) in [4.78, 5) is 41.9. The Hall–Kier alpha value is -2.69. The zero-order valence-electron chi connectivity index (χ0n) is 13.5. The van der Waals surface area contributed by atoms with Gasteiger partial charge >= 0.3 is 0 Å². The third-order valence-corrected chi connectivity index (χ3v) is 4.87. The summed E-state index contributed by atoms with van der Waals surface area (Å²) in [5.74, 6) is -0.126. The Balaban J connectivity index is 1.75. The Morgan fingerprint density at radius 2 is 2.00 bits per heavy atom. The number of nitrogens with zero attached hydrogens (tertiary/aromatic N) is 1. The minimum atomic E-state index is -0.412. The van der Waals surface area contributed by atoms with Gasteiger partial charge in [0.2, 0.25) is 0 Å². The molecule has 2 heterocycles. The summed E-state index contributed by atoms with van der Waals surface area (Å²) in [6.45, 7) is 2.54. The maximum atomic E-state index is 12.9. The number of carbonyl (C=O) groups excluding carboxylic acids is 2. The number of pyridine rings is 1. The molecule has 1 aromatic carbocycles. The van der Waals surface area contributed by atoms with Gasteiger partial charge in [0.25, 0.3) is 11.5 Å². The minimum Gasteiger partial charge on any atom is -0.325 e. The molecule has 1 aromatic heterocycles. The van der Waals surface area contributed by atoms with Crippen LogP contribution in [0, 0.1) is 5.92 Å². The number of hydrogen-bond acceptors (Lipinski definition) is 3. The predicted octanol–water partition coefficient (Wildman–Crippen LogP) is 2.34. The number of carbonyl (C=O) groups is 2. The van der Waals surface area contributed by atoms with Crippen molar-refractivity contribution in [2.45, 2.75) is 26.2 Å². The van der Waals surface area contributed by atoms with Crippen LogP contribution in [0.1, 0.15) is 45.3 Å². The molecule has 122 valence electrons. The highest BCUT2D eigenvalue weighted by atomic mass is 16.2. The fourth-order valence-electron chi connectivity index (χ4n) is 3.68. The zero-order valence-corrected chi connectivity index (χ0v) is 13.5. The highest BCUT2D eigenvalue weighted by Gasteiger charge is 2.30. The first kappa shape index (κ1) is 14.9. The van der Waals surface area contributed by atoms with Crippen LogP contribution in [0.25, 0.3) is 0 Å². The van der Waals surface area contributed by atoms with Gasteiger partial charge in [-0.15, -0.1) is 0 Å². The standard InChI is InChI=1S/C19H18N2O3/c1-11-8-15-13(17(22)9-11)10-14(18(23)20-15)19(24)21-7-6-12-4-2-3-5-16(12)21/h2-5,10-11H,6-9H2,1H3,(H,20,23)/t11-/m0/s1. The van der Waals surface area contributed by atoms with Crippen molar-refractivity contribution in [3.05, 3.63) is 63.1 Å². The fourth-order valence-corrected chi connectivity index (χ4v) is 3.68. The predicted molar refractivity (Wildman–Crippen MR) is 90.7 cm³/mol. The summed E-state index contributed by atoms with van der Waals surface area (Å²) in [5.41, 5.74) is 2.73. The lowest BCUT2D eigenvalue weighted by Gasteiger charge is -2.22. The molecular weight excluding hydrogens is 304 g/mol. The molecule has 0 fully saturated rings. The Bertz CT molecular complexity index is 913. The molecular formula is C19H18N2O3. The van der Waals surface area contributed by atoms with Crippen molar-refractivity contribution in [2.75, 3.05) is 11.4 Å². The molecule has 0 unspecified atom stereocenters. The molecule has 0 saturated heterocycles. The molecule has 0 radical (unpaired) electrons. The molecule has 0 bridgehead atoms. The lowest BCUT2D eigenvalue weighted by molar-refractivity contribution is 0.0952. The van der Waals surface area contributed by atoms with Crippen LogP contribution < -0.4 is 10.5 Å². The van der Waals surface area contributed by atoms with E-state index >= 15 is 0 Å². The van der Waals surface area contributed by atoms with E-state index in [-0.39, 0.29) is 23.2 Å². The minimum absolute atomic E-state index is 0.00382. The van der Waals surface area contributed by atoms with Crippen molar-refractivity contribution < 1.29 is 9.59 Å². The van der Waals surface area contributed by atoms with Gasteiger partial charge in [-0.3, -0.25) is 14.4 Å². The largest absolute Gasteiger partial charge is 0.325 e. The van der Waals surface area contributed by atoms with Gasteiger partial charge in [-0.1, -0.05) is 25.1 Å². The van der Waals surface area contributed by atoms with Gasteiger partial charge in [0.05, 0.1) is 0 Å². The van der Waals surface area contributed by atoms with E-state index < -0.39 is 5.56 Å². The third kappa shape index (κ3) is 2.28. The fraction of sp³-hybridized carbons (Fsp3) is 0.316. The second-order valence-corrected chi connectivity index (χ2v) is 6.68. The molecule has 5 nitrogen and oxygen atoms in total. The maximum Gasteiger partial charge on any atom is 0.263 e. The van der Waals surface area contributed by atoms with Crippen LogP contribution >= 0.6 is 0 Å². The van der Waals surface area contributed by atoms with Crippen molar-refractivity contribution in [1.29, 1.82) is 0 Å². The van der Waals surface area contributed by atoms with Crippen LogP contribution in [0.15, 0.2) is 35.1 Å². The van der Waals surface area contributed by atoms with E-state index in [1.165, 1.54) is 6.07 Å². The third-order valence-electron chi connectivity index (χ3n) is 4.87. The molecule has 1 atom stereocenters. The summed E-state index contributed by atoms with van der Waals surface area (Å²) in [7, 11) is 0. The van der Waals surface area contributed by atoms with Crippen molar-refractivity contribution in [2.24, 2.45) is 5.92 Å². The number of hydrogen-bond donors (Lipinski definition) is 1. The SMILES string of the molecule is C[C@@H]1CC(=O)c2cc(C(=O)N3CCc4ccccc43)c(=O)[nH]c2C1. The molecule has 0 saturated carbocycles. The zero-order chi connectivity index (χ0) is 16.8. The van der Waals surface area contributed by atoms with E-state index in [9.17, 15) is 14.4 Å². The van der Waals surface area contributed by atoms with Gasteiger partial charge in [-0.05, 0) is 36.5 Å². The van der Waals surface area contributed by atoms with E-state index in [0.717, 1.165) is 17.7 Å². The number of ketones is 1. The first-order chi connectivity index (χ1) is 11.5. The lowest BCUT2D eigenvalue weighted by Crippen LogP contribution is -2.35. The second kappa shape index (κ2) is 5.44. The number of aromatic amines is 1. The smallest absolute Gasteiger partial charge is 0.263 e. The highest BCUT2D eigenvalue weighted by molar-refractivity contribution is 6.09. The molecule has 24 heavy (non-hydrogen) atoms. The summed E-state index contributed by atoms with van der Waals surface area (Å²) in [6.07, 6.45) is 1.90. The van der Waals surface area contributed by atoms with E-state index in [0.29, 0.717) is 30.6 Å². The Kier molecular flexibility index (Phi) is 3.37. The van der Waals surface area contributed by atoms with Crippen LogP contribution in [-0.2, 0) is 12.8 Å². The van der Waals surface area contributed by atoms with Crippen LogP contribution in [0.5, 0.6) is 0 Å². The summed E-state index contributed by atoms with van der Waals surface area (Å²) < 4.78 is 0. The summed E-state index contributed by atoms with van der Waals surface area (Å²) >= 11 is 0. The Morgan fingerprint density at radius 3 is 2.83 bits per heavy atom. The number of H-pyrrole nitrogens is 1. The molecule has 1 aliphatic carbocycles. The number of rotatable bonds is 1. The molecule has 2 aliphatic rings. The summed E-state index contributed by atoms with van der Waals surface area (Å²) in [5, 5.41) is 0. The number of benzene rings is 1. The van der Waals surface area contributed by atoms with Gasteiger partial charge in [-0.25, -0.2) is 0 Å². The number of fused-ring (bicyclic) bond motifs is 2. The Morgan fingerprint density at radius 1 is 1.21 bits per heavy atom. The van der Waals surface area contributed by atoms with E-state index in [2.05, 4.69) is 4.98 Å². The Labute approximate surface area is 139 Å². The number of amides is 1. The van der Waals surface area contributed by atoms with Gasteiger partial charge < -0.3 is 9.88 Å². The average molecular weight is 322 g/mol. The molecule has 1 aliphatic heterocycles. The molecule has 1 N–H and O–H groups in total. The topological polar surface area (TPSA) is 70.2 Å². The molecule has 4 rings (SSSR count). The van der Waals surface area contributed by atoms with Crippen molar-refractivity contribution in [1.82, 2.24) is 4.98 Å². The first-order valence-corrected chi connectivity index (χ1v) is 8.24. The number of Topliss-reactive ketones (excluding diaryl/α,β-unsaturated/α-hetero) is 1. The number of anilines is 1. The molecule has 0 spiro atoms. The van der Waals surface area contributed by atoms with Crippen molar-refractivity contribution in [3.8, 4) is 0 Å². The quantitative estimate of drug-likeness (QED) is 0.876. The van der Waals surface area contributed by atoms with Gasteiger partial charge in [0, 0.05) is 29.9 Å². The second-order valence-electron chi connectivity index (χ2n) is 6.68. The van der Waals surface area contributed by atoms with Gasteiger partial charge in [0.15, 0.2) is 5.78 Å². The molecule has 2 aromatic rings. The van der Waals surface area contributed by atoms with Crippen LogP contribution in [-0.4, -0.2) is 23.2 Å². The van der Waals surface area contributed by atoms with Gasteiger partial charge in [-0.2, -0.15) is 0 Å². The van der Waals surface area contributed by atoms with Crippen LogP contribution in [0.4, 0.5) is 5.69 Å². The summed E-state index contributed by atoms with van der Waals surface area (Å²) in [6, 6.07) is 9.20. The van der Waals surface area contributed by atoms with E-state index in [1.54, 1.807) is 4.90 Å². The monoisotopic (exact) mass is 322 g/mol. The van der Waals surface area contributed by atoms with E-state index in [4.69, 9.17) is 0 Å². The average Bonchev–Trinajstić information content (AvgIpc) is 2.97. The molecule has 1 amide bonds. The normalized spacial score (nSPS) is 19.1. The van der Waals surface area contributed by atoms with Crippen LogP contribution in [0.3, 0.4) is 0 Å². The maximum absolute atomic E-state index is 12.9. The van der Waals surface area contributed by atoms with Gasteiger partial charge in [0.1, 0.15) is 5.56 Å². The first-order valence-electron chi connectivity index (χ1n) is 8.24. The lowest BCUT2D eigenvalue weighted by atomic mass is 9.86. The number of nitrogens with one attached hydrogen (secondary N) is 1.